The normalized spacial score (nSPS) is 22.1. The van der Waals surface area contributed by atoms with Crippen LogP contribution < -0.4 is 0 Å². The summed E-state index contributed by atoms with van der Waals surface area (Å²) in [6.07, 6.45) is -0.431. The average Bonchev–Trinajstić information content (AvgIpc) is 2.44. The SMILES string of the molecule is O=C1c2ccccc2CC1OS(=O)O. The highest BCUT2D eigenvalue weighted by molar-refractivity contribution is 7.74. The Bertz CT molecular complexity index is 402. The second kappa shape index (κ2) is 3.61. The van der Waals surface area contributed by atoms with Crippen molar-refractivity contribution in [1.82, 2.24) is 0 Å². The van der Waals surface area contributed by atoms with Crippen LogP contribution in [0.2, 0.25) is 0 Å². The number of carbonyl (C=O) groups is 1. The van der Waals surface area contributed by atoms with Gasteiger partial charge in [0.2, 0.25) is 0 Å². The summed E-state index contributed by atoms with van der Waals surface area (Å²) in [4.78, 5) is 11.6. The van der Waals surface area contributed by atoms with Crippen LogP contribution in [0.1, 0.15) is 15.9 Å². The van der Waals surface area contributed by atoms with Crippen molar-refractivity contribution >= 4 is 17.1 Å². The molecule has 5 heteroatoms. The highest BCUT2D eigenvalue weighted by Gasteiger charge is 2.32. The van der Waals surface area contributed by atoms with Crippen molar-refractivity contribution in [3.05, 3.63) is 35.4 Å². The molecule has 0 amide bonds. The van der Waals surface area contributed by atoms with Crippen molar-refractivity contribution in [1.29, 1.82) is 0 Å². The zero-order chi connectivity index (χ0) is 10.1. The van der Waals surface area contributed by atoms with Crippen LogP contribution in [-0.4, -0.2) is 20.6 Å². The van der Waals surface area contributed by atoms with Crippen molar-refractivity contribution < 1.29 is 17.7 Å². The van der Waals surface area contributed by atoms with E-state index in [1.165, 1.54) is 0 Å². The Morgan fingerprint density at radius 1 is 1.43 bits per heavy atom. The van der Waals surface area contributed by atoms with Gasteiger partial charge in [-0.05, 0) is 5.56 Å². The molecule has 0 saturated carbocycles. The number of hydrogen-bond donors (Lipinski definition) is 1. The van der Waals surface area contributed by atoms with Crippen LogP contribution in [0.3, 0.4) is 0 Å². The molecule has 1 aliphatic rings. The molecule has 0 saturated heterocycles. The standard InChI is InChI=1S/C9H8O4S/c10-9-7-4-2-1-3-6(7)5-8(9)13-14(11)12/h1-4,8H,5H2,(H,11,12). The molecule has 2 rings (SSSR count). The highest BCUT2D eigenvalue weighted by Crippen LogP contribution is 2.24. The topological polar surface area (TPSA) is 63.6 Å². The Morgan fingerprint density at radius 3 is 2.79 bits per heavy atom. The lowest BCUT2D eigenvalue weighted by Gasteiger charge is -2.03. The Labute approximate surface area is 83.4 Å². The molecule has 1 aliphatic carbocycles. The summed E-state index contributed by atoms with van der Waals surface area (Å²) in [6.45, 7) is 0. The molecule has 0 fully saturated rings. The fraction of sp³-hybridized carbons (Fsp3) is 0.222. The van der Waals surface area contributed by atoms with Crippen LogP contribution in [0.4, 0.5) is 0 Å². The summed E-state index contributed by atoms with van der Waals surface area (Å²) in [5, 5.41) is 0. The van der Waals surface area contributed by atoms with Crippen LogP contribution in [0, 0.1) is 0 Å². The number of ketones is 1. The van der Waals surface area contributed by atoms with Crippen molar-refractivity contribution in [2.24, 2.45) is 0 Å². The van der Waals surface area contributed by atoms with E-state index in [0.717, 1.165) is 5.56 Å². The molecule has 0 radical (unpaired) electrons. The molecule has 2 unspecified atom stereocenters. The Balaban J connectivity index is 2.26. The van der Waals surface area contributed by atoms with E-state index in [9.17, 15) is 9.00 Å². The second-order valence-electron chi connectivity index (χ2n) is 3.03. The predicted molar refractivity (Wildman–Crippen MR) is 50.1 cm³/mol. The molecular weight excluding hydrogens is 204 g/mol. The van der Waals surface area contributed by atoms with Gasteiger partial charge in [0.25, 0.3) is 0 Å². The Kier molecular flexibility index (Phi) is 2.45. The molecule has 1 N–H and O–H groups in total. The van der Waals surface area contributed by atoms with Gasteiger partial charge in [0.05, 0.1) is 0 Å². The molecule has 0 bridgehead atoms. The summed E-state index contributed by atoms with van der Waals surface area (Å²) in [5.41, 5.74) is 1.45. The van der Waals surface area contributed by atoms with Crippen molar-refractivity contribution in [2.45, 2.75) is 12.5 Å². The molecular formula is C9H8O4S. The van der Waals surface area contributed by atoms with Crippen molar-refractivity contribution in [2.75, 3.05) is 0 Å². The van der Waals surface area contributed by atoms with Gasteiger partial charge in [-0.3, -0.25) is 13.5 Å². The third-order valence-electron chi connectivity index (χ3n) is 2.18. The fourth-order valence-electron chi connectivity index (χ4n) is 1.58. The zero-order valence-electron chi connectivity index (χ0n) is 7.17. The lowest BCUT2D eigenvalue weighted by molar-refractivity contribution is 0.0826. The van der Waals surface area contributed by atoms with E-state index in [4.69, 9.17) is 4.55 Å². The summed E-state index contributed by atoms with van der Waals surface area (Å²) >= 11 is -2.39. The minimum atomic E-state index is -2.39. The molecule has 0 spiro atoms. The van der Waals surface area contributed by atoms with Gasteiger partial charge in [-0.2, -0.15) is 4.21 Å². The quantitative estimate of drug-likeness (QED) is 0.741. The molecule has 74 valence electrons. The number of hydrogen-bond acceptors (Lipinski definition) is 3. The summed E-state index contributed by atoms with van der Waals surface area (Å²) in [7, 11) is 0. The Hall–Kier alpha value is -1.04. The zero-order valence-corrected chi connectivity index (χ0v) is 7.99. The van der Waals surface area contributed by atoms with Gasteiger partial charge in [-0.1, -0.05) is 24.3 Å². The van der Waals surface area contributed by atoms with Gasteiger partial charge in [0.15, 0.2) is 5.78 Å². The molecule has 0 aromatic heterocycles. The van der Waals surface area contributed by atoms with Gasteiger partial charge in [-0.25, -0.2) is 0 Å². The van der Waals surface area contributed by atoms with Crippen LogP contribution in [0.25, 0.3) is 0 Å². The number of carbonyl (C=O) groups excluding carboxylic acids is 1. The number of benzene rings is 1. The molecule has 2 atom stereocenters. The van der Waals surface area contributed by atoms with Gasteiger partial charge in [0, 0.05) is 12.0 Å². The van der Waals surface area contributed by atoms with Gasteiger partial charge in [-0.15, -0.1) is 0 Å². The van der Waals surface area contributed by atoms with E-state index in [0.29, 0.717) is 12.0 Å². The number of rotatable bonds is 2. The van der Waals surface area contributed by atoms with E-state index in [1.807, 2.05) is 12.1 Å². The predicted octanol–water partition coefficient (Wildman–Crippen LogP) is 0.947. The van der Waals surface area contributed by atoms with Gasteiger partial charge in [0.1, 0.15) is 6.10 Å². The molecule has 4 nitrogen and oxygen atoms in total. The maximum atomic E-state index is 11.6. The monoisotopic (exact) mass is 212 g/mol. The fourth-order valence-corrected chi connectivity index (χ4v) is 1.94. The van der Waals surface area contributed by atoms with E-state index in [1.54, 1.807) is 12.1 Å². The lowest BCUT2D eigenvalue weighted by Crippen LogP contribution is -2.20. The minimum absolute atomic E-state index is 0.219. The first-order valence-electron chi connectivity index (χ1n) is 4.08. The van der Waals surface area contributed by atoms with E-state index < -0.39 is 17.5 Å². The summed E-state index contributed by atoms with van der Waals surface area (Å²) in [6, 6.07) is 7.09. The minimum Gasteiger partial charge on any atom is -0.291 e. The van der Waals surface area contributed by atoms with Crippen molar-refractivity contribution in [3.8, 4) is 0 Å². The number of fused-ring (bicyclic) bond motifs is 1. The number of Topliss-reactive ketones (excluding diaryl/α,β-unsaturated/α-hetero) is 1. The second-order valence-corrected chi connectivity index (χ2v) is 3.65. The smallest absolute Gasteiger partial charge is 0.291 e. The maximum absolute atomic E-state index is 11.6. The van der Waals surface area contributed by atoms with Crippen LogP contribution in [0.5, 0.6) is 0 Å². The molecule has 0 aliphatic heterocycles. The van der Waals surface area contributed by atoms with E-state index in [-0.39, 0.29) is 5.78 Å². The first-order chi connectivity index (χ1) is 6.68. The Morgan fingerprint density at radius 2 is 2.14 bits per heavy atom. The van der Waals surface area contributed by atoms with Crippen LogP contribution >= 0.6 is 0 Å². The largest absolute Gasteiger partial charge is 0.302 e. The molecule has 1 aromatic rings. The molecule has 14 heavy (non-hydrogen) atoms. The summed E-state index contributed by atoms with van der Waals surface area (Å²) in [5.74, 6) is -0.219. The first kappa shape index (κ1) is 9.51. The molecule has 1 aromatic carbocycles. The van der Waals surface area contributed by atoms with Crippen LogP contribution in [0.15, 0.2) is 24.3 Å². The lowest BCUT2D eigenvalue weighted by atomic mass is 10.1. The third kappa shape index (κ3) is 1.61. The molecule has 0 heterocycles. The maximum Gasteiger partial charge on any atom is 0.302 e. The first-order valence-corrected chi connectivity index (χ1v) is 5.12. The third-order valence-corrected chi connectivity index (χ3v) is 2.58. The van der Waals surface area contributed by atoms with Gasteiger partial charge >= 0.3 is 11.4 Å². The van der Waals surface area contributed by atoms with Crippen molar-refractivity contribution in [3.63, 3.8) is 0 Å². The average molecular weight is 212 g/mol. The van der Waals surface area contributed by atoms with Crippen LogP contribution in [-0.2, 0) is 22.0 Å². The summed E-state index contributed by atoms with van der Waals surface area (Å²) < 4.78 is 23.5. The highest BCUT2D eigenvalue weighted by atomic mass is 32.2. The van der Waals surface area contributed by atoms with E-state index >= 15 is 0 Å². The van der Waals surface area contributed by atoms with Gasteiger partial charge < -0.3 is 0 Å². The van der Waals surface area contributed by atoms with E-state index in [2.05, 4.69) is 4.18 Å².